The predicted molar refractivity (Wildman–Crippen MR) is 325 cm³/mol. The van der Waals surface area contributed by atoms with Crippen LogP contribution in [0.2, 0.25) is 0 Å². The van der Waals surface area contributed by atoms with Crippen molar-refractivity contribution in [2.75, 3.05) is 13.2 Å². The van der Waals surface area contributed by atoms with Gasteiger partial charge in [0.15, 0.2) is 6.10 Å². The van der Waals surface area contributed by atoms with Crippen LogP contribution in [-0.2, 0) is 28.6 Å². The Balaban J connectivity index is 4.30. The van der Waals surface area contributed by atoms with Crippen molar-refractivity contribution in [2.24, 2.45) is 0 Å². The van der Waals surface area contributed by atoms with Crippen molar-refractivity contribution in [2.45, 2.75) is 297 Å². The molecule has 0 radical (unpaired) electrons. The third-order valence-electron chi connectivity index (χ3n) is 13.2. The van der Waals surface area contributed by atoms with Crippen molar-refractivity contribution >= 4 is 17.9 Å². The van der Waals surface area contributed by atoms with Gasteiger partial charge in [0.05, 0.1) is 0 Å². The maximum absolute atomic E-state index is 12.9. The Bertz CT molecular complexity index is 1520. The highest BCUT2D eigenvalue weighted by Gasteiger charge is 2.19. The van der Waals surface area contributed by atoms with Crippen LogP contribution in [0.25, 0.3) is 0 Å². The van der Waals surface area contributed by atoms with E-state index in [1.165, 1.54) is 135 Å². The number of ether oxygens (including phenoxy) is 3. The molecule has 0 fully saturated rings. The van der Waals surface area contributed by atoms with Crippen LogP contribution >= 0.6 is 0 Å². The van der Waals surface area contributed by atoms with E-state index in [2.05, 4.69) is 130 Å². The molecule has 0 aromatic heterocycles. The van der Waals surface area contributed by atoms with E-state index >= 15 is 0 Å². The molecular formula is C69H116O6. The first kappa shape index (κ1) is 71.1. The summed E-state index contributed by atoms with van der Waals surface area (Å²) in [7, 11) is 0. The number of unbranched alkanes of at least 4 members (excludes halogenated alkanes) is 27. The van der Waals surface area contributed by atoms with Crippen molar-refractivity contribution < 1.29 is 28.6 Å². The smallest absolute Gasteiger partial charge is 0.306 e. The zero-order valence-electron chi connectivity index (χ0n) is 49.0. The minimum atomic E-state index is -0.790. The Kier molecular flexibility index (Phi) is 59.3. The molecule has 0 rings (SSSR count). The van der Waals surface area contributed by atoms with Gasteiger partial charge < -0.3 is 14.2 Å². The van der Waals surface area contributed by atoms with E-state index in [1.807, 2.05) is 0 Å². The van der Waals surface area contributed by atoms with E-state index in [0.717, 1.165) is 116 Å². The van der Waals surface area contributed by atoms with Crippen molar-refractivity contribution in [3.05, 3.63) is 109 Å². The molecule has 0 heterocycles. The first-order valence-electron chi connectivity index (χ1n) is 31.4. The van der Waals surface area contributed by atoms with Gasteiger partial charge in [-0.15, -0.1) is 0 Å². The number of hydrogen-bond donors (Lipinski definition) is 0. The first-order chi connectivity index (χ1) is 37.0. The minimum absolute atomic E-state index is 0.0876. The first-order valence-corrected chi connectivity index (χ1v) is 31.4. The van der Waals surface area contributed by atoms with Gasteiger partial charge in [-0.3, -0.25) is 14.4 Å². The van der Waals surface area contributed by atoms with Crippen molar-refractivity contribution in [1.82, 2.24) is 0 Å². The molecule has 75 heavy (non-hydrogen) atoms. The second kappa shape index (κ2) is 62.6. The second-order valence-corrected chi connectivity index (χ2v) is 20.6. The fourth-order valence-corrected chi connectivity index (χ4v) is 8.52. The van der Waals surface area contributed by atoms with E-state index in [4.69, 9.17) is 14.2 Å². The lowest BCUT2D eigenvalue weighted by molar-refractivity contribution is -0.167. The van der Waals surface area contributed by atoms with Crippen LogP contribution in [0.1, 0.15) is 290 Å². The fraction of sp³-hybridized carbons (Fsp3) is 0.696. The summed E-state index contributed by atoms with van der Waals surface area (Å²) in [6.07, 6.45) is 85.2. The molecule has 0 amide bonds. The highest BCUT2D eigenvalue weighted by Crippen LogP contribution is 2.15. The van der Waals surface area contributed by atoms with Gasteiger partial charge in [0, 0.05) is 19.3 Å². The summed E-state index contributed by atoms with van der Waals surface area (Å²) in [6.45, 7) is 6.47. The molecule has 0 N–H and O–H groups in total. The number of allylic oxidation sites excluding steroid dienone is 18. The molecule has 0 aliphatic rings. The van der Waals surface area contributed by atoms with Crippen LogP contribution in [0, 0.1) is 0 Å². The monoisotopic (exact) mass is 1040 g/mol. The van der Waals surface area contributed by atoms with Crippen LogP contribution in [0.4, 0.5) is 0 Å². The third kappa shape index (κ3) is 60.8. The number of esters is 3. The SMILES string of the molecule is CC/C=C\C/C=C\C/C=C\C/C=C\C/C=C\C/C=C\C/C=C\CCCCCCCCCC(=O)OCC(COC(=O)CCCCCCC/C=C\CCCC)OC(=O)CCCCCCCCC/C=C\CCCCCCCC. The van der Waals surface area contributed by atoms with E-state index in [-0.39, 0.29) is 31.1 Å². The molecule has 0 aromatic carbocycles. The highest BCUT2D eigenvalue weighted by atomic mass is 16.6. The zero-order valence-corrected chi connectivity index (χ0v) is 49.0. The zero-order chi connectivity index (χ0) is 54.3. The molecular weight excluding hydrogens is 925 g/mol. The number of carbonyl (C=O) groups excluding carboxylic acids is 3. The van der Waals surface area contributed by atoms with Gasteiger partial charge in [-0.1, -0.05) is 259 Å². The molecule has 0 saturated heterocycles. The molecule has 0 aliphatic carbocycles. The summed E-state index contributed by atoms with van der Waals surface area (Å²) in [4.78, 5) is 38.2. The summed E-state index contributed by atoms with van der Waals surface area (Å²) in [6, 6.07) is 0. The maximum atomic E-state index is 12.9. The normalized spacial score (nSPS) is 12.8. The van der Waals surface area contributed by atoms with E-state index in [1.54, 1.807) is 0 Å². The molecule has 0 aliphatic heterocycles. The molecule has 0 bridgehead atoms. The largest absolute Gasteiger partial charge is 0.462 e. The van der Waals surface area contributed by atoms with Crippen LogP contribution < -0.4 is 0 Å². The highest BCUT2D eigenvalue weighted by molar-refractivity contribution is 5.71. The molecule has 6 nitrogen and oxygen atoms in total. The van der Waals surface area contributed by atoms with Gasteiger partial charge in [0.25, 0.3) is 0 Å². The van der Waals surface area contributed by atoms with Crippen LogP contribution in [-0.4, -0.2) is 37.2 Å². The van der Waals surface area contributed by atoms with Crippen molar-refractivity contribution in [1.29, 1.82) is 0 Å². The third-order valence-corrected chi connectivity index (χ3v) is 13.2. The van der Waals surface area contributed by atoms with Gasteiger partial charge in [-0.05, 0) is 122 Å². The van der Waals surface area contributed by atoms with E-state index in [9.17, 15) is 14.4 Å². The van der Waals surface area contributed by atoms with Gasteiger partial charge >= 0.3 is 17.9 Å². The molecule has 0 saturated carbocycles. The molecule has 0 spiro atoms. The van der Waals surface area contributed by atoms with Crippen LogP contribution in [0.3, 0.4) is 0 Å². The summed E-state index contributed by atoms with van der Waals surface area (Å²) >= 11 is 0. The quantitative estimate of drug-likeness (QED) is 0.0261. The van der Waals surface area contributed by atoms with Crippen LogP contribution in [0.5, 0.6) is 0 Å². The summed E-state index contributed by atoms with van der Waals surface area (Å²) in [5.41, 5.74) is 0. The van der Waals surface area contributed by atoms with E-state index < -0.39 is 6.10 Å². The number of hydrogen-bond acceptors (Lipinski definition) is 6. The molecule has 1 unspecified atom stereocenters. The average Bonchev–Trinajstić information content (AvgIpc) is 3.41. The lowest BCUT2D eigenvalue weighted by Crippen LogP contribution is -2.30. The van der Waals surface area contributed by atoms with Gasteiger partial charge in [0.2, 0.25) is 0 Å². The van der Waals surface area contributed by atoms with Gasteiger partial charge in [0.1, 0.15) is 13.2 Å². The standard InChI is InChI=1S/C69H116O6/c1-4-7-10-13-16-19-22-24-26-28-29-30-31-32-33-34-35-36-37-38-39-41-42-44-47-50-53-56-59-62-68(71)74-65-66(64-73-67(70)61-58-55-52-49-46-21-18-15-12-9-6-3)75-69(72)63-60-57-54-51-48-45-43-40-27-25-23-20-17-14-11-8-5-2/h7,10,15-16,18-19,24-27,29-30,32-33,35-36,38-39,66H,4-6,8-9,11-14,17,20-23,28,31,34,37,40-65H2,1-3H3/b10-7-,18-15-,19-16-,26-24-,27-25-,30-29-,33-32-,36-35-,39-38-. The van der Waals surface area contributed by atoms with Crippen molar-refractivity contribution in [3.63, 3.8) is 0 Å². The Morgan fingerprint density at radius 1 is 0.280 bits per heavy atom. The number of carbonyl (C=O) groups is 3. The lowest BCUT2D eigenvalue weighted by Gasteiger charge is -2.18. The predicted octanol–water partition coefficient (Wildman–Crippen LogP) is 21.4. The van der Waals surface area contributed by atoms with Crippen LogP contribution in [0.15, 0.2) is 109 Å². The minimum Gasteiger partial charge on any atom is -0.462 e. The van der Waals surface area contributed by atoms with Crippen molar-refractivity contribution in [3.8, 4) is 0 Å². The Hall–Kier alpha value is -3.93. The lowest BCUT2D eigenvalue weighted by atomic mass is 10.1. The molecule has 428 valence electrons. The van der Waals surface area contributed by atoms with Gasteiger partial charge in [-0.2, -0.15) is 0 Å². The van der Waals surface area contributed by atoms with E-state index in [0.29, 0.717) is 19.3 Å². The Labute approximate surface area is 463 Å². The molecule has 1 atom stereocenters. The summed E-state index contributed by atoms with van der Waals surface area (Å²) in [5, 5.41) is 0. The number of rotatable bonds is 56. The molecule has 0 aromatic rings. The topological polar surface area (TPSA) is 78.9 Å². The Morgan fingerprint density at radius 2 is 0.533 bits per heavy atom. The summed E-state index contributed by atoms with van der Waals surface area (Å²) < 4.78 is 16.9. The summed E-state index contributed by atoms with van der Waals surface area (Å²) in [5.74, 6) is -0.908. The average molecular weight is 1040 g/mol. The Morgan fingerprint density at radius 3 is 0.867 bits per heavy atom. The second-order valence-electron chi connectivity index (χ2n) is 20.6. The fourth-order valence-electron chi connectivity index (χ4n) is 8.52. The van der Waals surface area contributed by atoms with Gasteiger partial charge in [-0.25, -0.2) is 0 Å². The molecule has 6 heteroatoms. The maximum Gasteiger partial charge on any atom is 0.306 e.